The Labute approximate surface area is 176 Å². The Hall–Kier alpha value is -3.54. The van der Waals surface area contributed by atoms with Gasteiger partial charge in [-0.25, -0.2) is 9.59 Å². The summed E-state index contributed by atoms with van der Waals surface area (Å²) in [6.07, 6.45) is 2.93. The van der Waals surface area contributed by atoms with E-state index in [2.05, 4.69) is 12.6 Å². The minimum atomic E-state index is -0.524. The molecule has 0 amide bonds. The van der Waals surface area contributed by atoms with E-state index in [1.807, 2.05) is 38.1 Å². The van der Waals surface area contributed by atoms with Gasteiger partial charge >= 0.3 is 11.9 Å². The zero-order valence-electron chi connectivity index (χ0n) is 17.5. The first-order valence-electron chi connectivity index (χ1n) is 9.45. The van der Waals surface area contributed by atoms with Gasteiger partial charge in [-0.2, -0.15) is 0 Å². The van der Waals surface area contributed by atoms with Crippen LogP contribution in [0.5, 0.6) is 11.5 Å². The summed E-state index contributed by atoms with van der Waals surface area (Å²) in [6.45, 7) is 9.11. The molecule has 2 rings (SSSR count). The minimum absolute atomic E-state index is 0.0124. The summed E-state index contributed by atoms with van der Waals surface area (Å²) < 4.78 is 21.0. The molecule has 6 nitrogen and oxygen atoms in total. The summed E-state index contributed by atoms with van der Waals surface area (Å²) in [7, 11) is 0. The van der Waals surface area contributed by atoms with Crippen molar-refractivity contribution in [3.05, 3.63) is 77.4 Å². The van der Waals surface area contributed by atoms with Gasteiger partial charge in [-0.3, -0.25) is 0 Å². The number of esters is 2. The number of carbonyl (C=O) groups is 2. The van der Waals surface area contributed by atoms with Crippen molar-refractivity contribution >= 4 is 18.0 Å². The number of aryl methyl sites for hydroxylation is 2. The zero-order chi connectivity index (χ0) is 21.9. The van der Waals surface area contributed by atoms with E-state index < -0.39 is 11.9 Å². The summed E-state index contributed by atoms with van der Waals surface area (Å²) in [5, 5.41) is 0. The highest BCUT2D eigenvalue weighted by Gasteiger charge is 2.04. The lowest BCUT2D eigenvalue weighted by molar-refractivity contribution is -0.146. The number of hydrogen-bond donors (Lipinski definition) is 0. The van der Waals surface area contributed by atoms with Gasteiger partial charge in [0, 0.05) is 11.6 Å². The summed E-state index contributed by atoms with van der Waals surface area (Å²) in [5.41, 5.74) is 3.37. The normalized spacial score (nSPS) is 10.5. The van der Waals surface area contributed by atoms with Gasteiger partial charge in [-0.05, 0) is 67.8 Å². The largest absolute Gasteiger partial charge is 0.459 e. The topological polar surface area (TPSA) is 71.1 Å². The first-order valence-corrected chi connectivity index (χ1v) is 9.45. The van der Waals surface area contributed by atoms with Crippen molar-refractivity contribution in [3.8, 4) is 11.5 Å². The van der Waals surface area contributed by atoms with Crippen LogP contribution in [-0.2, 0) is 19.1 Å². The number of hydrogen-bond acceptors (Lipinski definition) is 6. The summed E-state index contributed by atoms with van der Waals surface area (Å²) >= 11 is 0. The van der Waals surface area contributed by atoms with Crippen molar-refractivity contribution in [1.82, 2.24) is 0 Å². The molecular formula is C24H26O6. The fourth-order valence-electron chi connectivity index (χ4n) is 2.47. The van der Waals surface area contributed by atoms with Crippen molar-refractivity contribution in [2.75, 3.05) is 20.0 Å². The van der Waals surface area contributed by atoms with Crippen molar-refractivity contribution in [2.24, 2.45) is 0 Å². The third-order valence-corrected chi connectivity index (χ3v) is 3.85. The van der Waals surface area contributed by atoms with Crippen LogP contribution in [0, 0.1) is 13.8 Å². The predicted molar refractivity (Wildman–Crippen MR) is 114 cm³/mol. The molecule has 0 heterocycles. The van der Waals surface area contributed by atoms with E-state index in [4.69, 9.17) is 18.9 Å². The van der Waals surface area contributed by atoms with Crippen molar-refractivity contribution in [2.45, 2.75) is 20.8 Å². The highest BCUT2D eigenvalue weighted by atomic mass is 16.7. The van der Waals surface area contributed by atoms with Crippen LogP contribution < -0.4 is 9.47 Å². The fourth-order valence-corrected chi connectivity index (χ4v) is 2.47. The molecule has 0 spiro atoms. The molecule has 6 heteroatoms. The maximum Gasteiger partial charge on any atom is 0.333 e. The molecule has 2 aromatic carbocycles. The van der Waals surface area contributed by atoms with Gasteiger partial charge in [-0.1, -0.05) is 24.8 Å². The molecule has 0 aromatic heterocycles. The van der Waals surface area contributed by atoms with E-state index in [0.29, 0.717) is 11.3 Å². The molecule has 0 saturated carbocycles. The Morgan fingerprint density at radius 1 is 0.900 bits per heavy atom. The summed E-state index contributed by atoms with van der Waals surface area (Å²) in [4.78, 5) is 22.9. The second-order valence-corrected chi connectivity index (χ2v) is 6.72. The molecule has 0 radical (unpaired) electrons. The standard InChI is InChI=1S/C24H26O6/c1-17(2)24(26)28-12-11-27-23(25)10-7-20-5-8-21(9-6-20)29-16-30-22-14-18(3)13-19(4)15-22/h5-10,13-15H,1,11-12,16H2,2-4H3/b10-7+. The van der Waals surface area contributed by atoms with E-state index in [1.165, 1.54) is 6.08 Å². The van der Waals surface area contributed by atoms with E-state index in [1.54, 1.807) is 25.1 Å². The van der Waals surface area contributed by atoms with Crippen molar-refractivity contribution < 1.29 is 28.5 Å². The van der Waals surface area contributed by atoms with E-state index in [9.17, 15) is 9.59 Å². The average molecular weight is 410 g/mol. The van der Waals surface area contributed by atoms with Crippen LogP contribution in [0.25, 0.3) is 6.08 Å². The van der Waals surface area contributed by atoms with E-state index >= 15 is 0 Å². The molecule has 2 aromatic rings. The second-order valence-electron chi connectivity index (χ2n) is 6.72. The lowest BCUT2D eigenvalue weighted by atomic mass is 10.1. The van der Waals surface area contributed by atoms with Gasteiger partial charge in [-0.15, -0.1) is 0 Å². The van der Waals surface area contributed by atoms with Gasteiger partial charge in [0.05, 0.1) is 0 Å². The summed E-state index contributed by atoms with van der Waals surface area (Å²) in [6, 6.07) is 13.2. The lowest BCUT2D eigenvalue weighted by Crippen LogP contribution is -2.12. The quantitative estimate of drug-likeness (QED) is 0.250. The number of carbonyl (C=O) groups excluding carboxylic acids is 2. The number of rotatable bonds is 10. The van der Waals surface area contributed by atoms with E-state index in [-0.39, 0.29) is 20.0 Å². The molecule has 0 aliphatic heterocycles. The molecular weight excluding hydrogens is 384 g/mol. The van der Waals surface area contributed by atoms with Gasteiger partial charge in [0.2, 0.25) is 6.79 Å². The van der Waals surface area contributed by atoms with Crippen LogP contribution in [-0.4, -0.2) is 31.9 Å². The van der Waals surface area contributed by atoms with E-state index in [0.717, 1.165) is 22.4 Å². The lowest BCUT2D eigenvalue weighted by Gasteiger charge is -2.10. The second kappa shape index (κ2) is 11.5. The van der Waals surface area contributed by atoms with Crippen LogP contribution in [0.15, 0.2) is 60.7 Å². The Morgan fingerprint density at radius 3 is 2.13 bits per heavy atom. The Morgan fingerprint density at radius 2 is 1.50 bits per heavy atom. The van der Waals surface area contributed by atoms with Gasteiger partial charge in [0.25, 0.3) is 0 Å². The SMILES string of the molecule is C=C(C)C(=O)OCCOC(=O)/C=C/c1ccc(OCOc2cc(C)cc(C)c2)cc1. The molecule has 0 fully saturated rings. The average Bonchev–Trinajstić information content (AvgIpc) is 2.69. The first kappa shape index (κ1) is 22.7. The molecule has 0 aliphatic rings. The van der Waals surface area contributed by atoms with Gasteiger partial charge in [0.15, 0.2) is 0 Å². The molecule has 158 valence electrons. The number of benzene rings is 2. The van der Waals surface area contributed by atoms with Crippen molar-refractivity contribution in [3.63, 3.8) is 0 Å². The third-order valence-electron chi connectivity index (χ3n) is 3.85. The van der Waals surface area contributed by atoms with Gasteiger partial charge < -0.3 is 18.9 Å². The molecule has 0 aliphatic carbocycles. The maximum absolute atomic E-state index is 11.7. The van der Waals surface area contributed by atoms with Crippen LogP contribution in [0.4, 0.5) is 0 Å². The molecule has 0 saturated heterocycles. The molecule has 0 unspecified atom stereocenters. The maximum atomic E-state index is 11.7. The van der Waals surface area contributed by atoms with Crippen molar-refractivity contribution in [1.29, 1.82) is 0 Å². The zero-order valence-corrected chi connectivity index (χ0v) is 17.5. The monoisotopic (exact) mass is 410 g/mol. The molecule has 0 bridgehead atoms. The Balaban J connectivity index is 1.72. The third kappa shape index (κ3) is 8.22. The molecule has 0 atom stereocenters. The minimum Gasteiger partial charge on any atom is -0.459 e. The summed E-state index contributed by atoms with van der Waals surface area (Å²) in [5.74, 6) is 0.380. The first-order chi connectivity index (χ1) is 14.3. The highest BCUT2D eigenvalue weighted by Crippen LogP contribution is 2.17. The highest BCUT2D eigenvalue weighted by molar-refractivity contribution is 5.87. The molecule has 30 heavy (non-hydrogen) atoms. The fraction of sp³-hybridized carbons (Fsp3) is 0.250. The number of ether oxygens (including phenoxy) is 4. The Kier molecular flexibility index (Phi) is 8.69. The molecule has 0 N–H and O–H groups in total. The van der Waals surface area contributed by atoms with Crippen LogP contribution in [0.3, 0.4) is 0 Å². The van der Waals surface area contributed by atoms with Crippen LogP contribution >= 0.6 is 0 Å². The van der Waals surface area contributed by atoms with Crippen LogP contribution in [0.1, 0.15) is 23.6 Å². The smallest absolute Gasteiger partial charge is 0.333 e. The van der Waals surface area contributed by atoms with Gasteiger partial charge in [0.1, 0.15) is 24.7 Å². The predicted octanol–water partition coefficient (Wildman–Crippen LogP) is 4.39. The Bertz CT molecular complexity index is 892. The van der Waals surface area contributed by atoms with Crippen LogP contribution in [0.2, 0.25) is 0 Å².